The van der Waals surface area contributed by atoms with E-state index in [0.717, 1.165) is 23.5 Å². The molecule has 1 N–H and O–H groups in total. The standard InChI is InChI=1S/C12H16O3/c1-2-9-3-4-10(5-6-13)12-11(9)14-7-8-15-12/h3-4,13H,2,5-8H2,1H3. The first-order chi connectivity index (χ1) is 7.36. The molecule has 1 heterocycles. The van der Waals surface area contributed by atoms with Crippen molar-refractivity contribution >= 4 is 0 Å². The second-order valence-electron chi connectivity index (χ2n) is 3.57. The van der Waals surface area contributed by atoms with Crippen LogP contribution in [0, 0.1) is 0 Å². The summed E-state index contributed by atoms with van der Waals surface area (Å²) in [6.45, 7) is 3.45. The smallest absolute Gasteiger partial charge is 0.164 e. The Bertz CT molecular complexity index is 347. The van der Waals surface area contributed by atoms with E-state index in [2.05, 4.69) is 13.0 Å². The van der Waals surface area contributed by atoms with E-state index in [1.54, 1.807) is 0 Å². The maximum absolute atomic E-state index is 8.95. The van der Waals surface area contributed by atoms with Crippen LogP contribution < -0.4 is 9.47 Å². The highest BCUT2D eigenvalue weighted by atomic mass is 16.6. The molecule has 82 valence electrons. The Hall–Kier alpha value is -1.22. The van der Waals surface area contributed by atoms with Crippen molar-refractivity contribution in [2.45, 2.75) is 19.8 Å². The summed E-state index contributed by atoms with van der Waals surface area (Å²) >= 11 is 0. The highest BCUT2D eigenvalue weighted by Crippen LogP contribution is 2.37. The topological polar surface area (TPSA) is 38.7 Å². The first kappa shape index (κ1) is 10.3. The monoisotopic (exact) mass is 208 g/mol. The molecule has 3 nitrogen and oxygen atoms in total. The molecule has 1 aliphatic heterocycles. The predicted octanol–water partition coefficient (Wildman–Crippen LogP) is 1.55. The van der Waals surface area contributed by atoms with Crippen molar-refractivity contribution in [3.05, 3.63) is 23.3 Å². The van der Waals surface area contributed by atoms with Gasteiger partial charge in [-0.2, -0.15) is 0 Å². The van der Waals surface area contributed by atoms with Gasteiger partial charge in [0.2, 0.25) is 0 Å². The van der Waals surface area contributed by atoms with Gasteiger partial charge in [0.25, 0.3) is 0 Å². The third kappa shape index (κ3) is 1.92. The van der Waals surface area contributed by atoms with Gasteiger partial charge in [0.1, 0.15) is 13.2 Å². The molecule has 0 fully saturated rings. The molecule has 3 heteroatoms. The van der Waals surface area contributed by atoms with Gasteiger partial charge in [0.05, 0.1) is 0 Å². The van der Waals surface area contributed by atoms with E-state index in [-0.39, 0.29) is 6.61 Å². The number of aliphatic hydroxyl groups is 1. The fourth-order valence-corrected chi connectivity index (χ4v) is 1.84. The fourth-order valence-electron chi connectivity index (χ4n) is 1.84. The third-order valence-corrected chi connectivity index (χ3v) is 2.61. The summed E-state index contributed by atoms with van der Waals surface area (Å²) in [5.74, 6) is 1.70. The van der Waals surface area contributed by atoms with Gasteiger partial charge in [-0.3, -0.25) is 0 Å². The minimum atomic E-state index is 0.140. The molecule has 1 aliphatic rings. The van der Waals surface area contributed by atoms with Crippen molar-refractivity contribution < 1.29 is 14.6 Å². The Balaban J connectivity index is 2.42. The van der Waals surface area contributed by atoms with Crippen LogP contribution in [0.4, 0.5) is 0 Å². The summed E-state index contributed by atoms with van der Waals surface area (Å²) in [5.41, 5.74) is 2.20. The molecular formula is C12H16O3. The number of fused-ring (bicyclic) bond motifs is 1. The Morgan fingerprint density at radius 1 is 1.13 bits per heavy atom. The Morgan fingerprint density at radius 3 is 2.33 bits per heavy atom. The maximum atomic E-state index is 8.95. The van der Waals surface area contributed by atoms with E-state index < -0.39 is 0 Å². The van der Waals surface area contributed by atoms with E-state index in [0.29, 0.717) is 19.6 Å². The molecule has 15 heavy (non-hydrogen) atoms. The zero-order valence-electron chi connectivity index (χ0n) is 8.95. The minimum absolute atomic E-state index is 0.140. The molecular weight excluding hydrogens is 192 g/mol. The third-order valence-electron chi connectivity index (χ3n) is 2.61. The molecule has 1 aromatic carbocycles. The number of aliphatic hydroxyl groups excluding tert-OH is 1. The Kier molecular flexibility index (Phi) is 3.11. The molecule has 0 radical (unpaired) electrons. The highest BCUT2D eigenvalue weighted by molar-refractivity contribution is 5.52. The molecule has 0 atom stereocenters. The SMILES string of the molecule is CCc1ccc(CCO)c2c1OCCO2. The Morgan fingerprint density at radius 2 is 1.73 bits per heavy atom. The van der Waals surface area contributed by atoms with Gasteiger partial charge in [0, 0.05) is 12.2 Å². The quantitative estimate of drug-likeness (QED) is 0.819. The van der Waals surface area contributed by atoms with E-state index >= 15 is 0 Å². The van der Waals surface area contributed by atoms with Crippen molar-refractivity contribution in [1.29, 1.82) is 0 Å². The first-order valence-corrected chi connectivity index (χ1v) is 5.38. The summed E-state index contributed by atoms with van der Waals surface area (Å²) in [6.07, 6.45) is 1.56. The minimum Gasteiger partial charge on any atom is -0.486 e. The average Bonchev–Trinajstić information content (AvgIpc) is 2.30. The second-order valence-corrected chi connectivity index (χ2v) is 3.57. The molecule has 1 aromatic rings. The van der Waals surface area contributed by atoms with Crippen molar-refractivity contribution in [2.24, 2.45) is 0 Å². The van der Waals surface area contributed by atoms with Crippen LogP contribution in [0.1, 0.15) is 18.1 Å². The van der Waals surface area contributed by atoms with Crippen LogP contribution in [0.5, 0.6) is 11.5 Å². The van der Waals surface area contributed by atoms with Crippen molar-refractivity contribution in [3.8, 4) is 11.5 Å². The Labute approximate surface area is 89.6 Å². The lowest BCUT2D eigenvalue weighted by molar-refractivity contribution is 0.167. The van der Waals surface area contributed by atoms with Crippen LogP contribution in [0.2, 0.25) is 0 Å². The van der Waals surface area contributed by atoms with Gasteiger partial charge in [-0.05, 0) is 18.4 Å². The number of hydrogen-bond donors (Lipinski definition) is 1. The second kappa shape index (κ2) is 4.53. The molecule has 2 rings (SSSR count). The van der Waals surface area contributed by atoms with Gasteiger partial charge in [-0.15, -0.1) is 0 Å². The zero-order valence-corrected chi connectivity index (χ0v) is 8.95. The van der Waals surface area contributed by atoms with Gasteiger partial charge >= 0.3 is 0 Å². The lowest BCUT2D eigenvalue weighted by Crippen LogP contribution is -2.18. The van der Waals surface area contributed by atoms with E-state index in [1.807, 2.05) is 6.07 Å². The molecule has 0 unspecified atom stereocenters. The summed E-state index contributed by atoms with van der Waals surface area (Å²) < 4.78 is 11.2. The summed E-state index contributed by atoms with van der Waals surface area (Å²) in [6, 6.07) is 4.07. The molecule has 0 saturated heterocycles. The lowest BCUT2D eigenvalue weighted by Gasteiger charge is -2.23. The van der Waals surface area contributed by atoms with Gasteiger partial charge in [0.15, 0.2) is 11.5 Å². The van der Waals surface area contributed by atoms with Crippen LogP contribution >= 0.6 is 0 Å². The zero-order chi connectivity index (χ0) is 10.7. The van der Waals surface area contributed by atoms with Crippen LogP contribution in [0.25, 0.3) is 0 Å². The molecule has 0 amide bonds. The van der Waals surface area contributed by atoms with Crippen molar-refractivity contribution in [3.63, 3.8) is 0 Å². The fraction of sp³-hybridized carbons (Fsp3) is 0.500. The molecule has 0 spiro atoms. The molecule has 0 saturated carbocycles. The van der Waals surface area contributed by atoms with Crippen LogP contribution in [-0.2, 0) is 12.8 Å². The summed E-state index contributed by atoms with van der Waals surface area (Å²) in [4.78, 5) is 0. The van der Waals surface area contributed by atoms with E-state index in [1.165, 1.54) is 5.56 Å². The summed E-state index contributed by atoms with van der Waals surface area (Å²) in [7, 11) is 0. The normalized spacial score (nSPS) is 14.0. The first-order valence-electron chi connectivity index (χ1n) is 5.38. The largest absolute Gasteiger partial charge is 0.486 e. The van der Waals surface area contributed by atoms with Gasteiger partial charge in [-0.1, -0.05) is 19.1 Å². The summed E-state index contributed by atoms with van der Waals surface area (Å²) in [5, 5.41) is 8.95. The lowest BCUT2D eigenvalue weighted by atomic mass is 10.0. The van der Waals surface area contributed by atoms with Crippen molar-refractivity contribution in [1.82, 2.24) is 0 Å². The van der Waals surface area contributed by atoms with Crippen molar-refractivity contribution in [2.75, 3.05) is 19.8 Å². The molecule has 0 bridgehead atoms. The van der Waals surface area contributed by atoms with Crippen LogP contribution in [0.3, 0.4) is 0 Å². The number of hydrogen-bond acceptors (Lipinski definition) is 3. The molecule has 0 aromatic heterocycles. The number of ether oxygens (including phenoxy) is 2. The predicted molar refractivity (Wildman–Crippen MR) is 57.6 cm³/mol. The van der Waals surface area contributed by atoms with Crippen LogP contribution in [-0.4, -0.2) is 24.9 Å². The number of aryl methyl sites for hydroxylation is 1. The van der Waals surface area contributed by atoms with E-state index in [9.17, 15) is 0 Å². The molecule has 0 aliphatic carbocycles. The van der Waals surface area contributed by atoms with Gasteiger partial charge < -0.3 is 14.6 Å². The number of benzene rings is 1. The van der Waals surface area contributed by atoms with Gasteiger partial charge in [-0.25, -0.2) is 0 Å². The maximum Gasteiger partial charge on any atom is 0.164 e. The number of rotatable bonds is 3. The van der Waals surface area contributed by atoms with Crippen LogP contribution in [0.15, 0.2) is 12.1 Å². The van der Waals surface area contributed by atoms with E-state index in [4.69, 9.17) is 14.6 Å². The highest BCUT2D eigenvalue weighted by Gasteiger charge is 2.18. The average molecular weight is 208 g/mol.